The minimum Gasteiger partial charge on any atom is -0.508 e. The number of ether oxygens (including phenoxy) is 1. The molecule has 2 aromatic carbocycles. The Morgan fingerprint density at radius 1 is 1.13 bits per heavy atom. The van der Waals surface area contributed by atoms with E-state index in [-0.39, 0.29) is 30.5 Å². The smallest absolute Gasteiger partial charge is 0.327 e. The number of esters is 1. The Labute approximate surface area is 181 Å². The van der Waals surface area contributed by atoms with Crippen molar-refractivity contribution in [2.75, 3.05) is 13.7 Å². The topological polar surface area (TPSA) is 95.9 Å². The van der Waals surface area contributed by atoms with Gasteiger partial charge in [-0.05, 0) is 42.7 Å². The molecule has 0 saturated carbocycles. The van der Waals surface area contributed by atoms with Gasteiger partial charge in [-0.1, -0.05) is 36.4 Å². The molecule has 7 nitrogen and oxygen atoms in total. The number of likely N-dealkylation sites (tertiary alicyclic amines) is 1. The second-order valence-electron chi connectivity index (χ2n) is 8.21. The highest BCUT2D eigenvalue weighted by atomic mass is 16.5. The molecule has 31 heavy (non-hydrogen) atoms. The third-order valence-electron chi connectivity index (χ3n) is 6.55. The van der Waals surface area contributed by atoms with E-state index in [1.165, 1.54) is 24.1 Å². The monoisotopic (exact) mass is 422 g/mol. The summed E-state index contributed by atoms with van der Waals surface area (Å²) in [4.78, 5) is 41.2. The first-order chi connectivity index (χ1) is 14.8. The molecule has 2 aliphatic rings. The van der Waals surface area contributed by atoms with Crippen LogP contribution < -0.4 is 5.32 Å². The van der Waals surface area contributed by atoms with Crippen LogP contribution in [-0.4, -0.2) is 47.0 Å². The zero-order chi connectivity index (χ0) is 22.3. The van der Waals surface area contributed by atoms with Crippen molar-refractivity contribution in [1.82, 2.24) is 10.2 Å². The zero-order valence-electron chi connectivity index (χ0n) is 17.8. The molecule has 0 unspecified atom stereocenters. The molecule has 0 spiro atoms. The first-order valence-corrected chi connectivity index (χ1v) is 10.4. The van der Waals surface area contributed by atoms with Crippen LogP contribution in [0.1, 0.15) is 29.7 Å². The largest absolute Gasteiger partial charge is 0.508 e. The summed E-state index contributed by atoms with van der Waals surface area (Å²) in [6, 6.07) is 13.6. The number of benzene rings is 2. The lowest BCUT2D eigenvalue weighted by Gasteiger charge is -2.32. The van der Waals surface area contributed by atoms with Gasteiger partial charge in [-0.2, -0.15) is 0 Å². The van der Waals surface area contributed by atoms with E-state index in [4.69, 9.17) is 4.74 Å². The predicted octanol–water partition coefficient (Wildman–Crippen LogP) is 2.12. The van der Waals surface area contributed by atoms with Crippen LogP contribution in [0.2, 0.25) is 0 Å². The number of rotatable bonds is 5. The van der Waals surface area contributed by atoms with Crippen molar-refractivity contribution in [3.63, 3.8) is 0 Å². The third-order valence-corrected chi connectivity index (χ3v) is 6.55. The zero-order valence-corrected chi connectivity index (χ0v) is 17.8. The number of phenols is 1. The molecular weight excluding hydrogens is 396 g/mol. The van der Waals surface area contributed by atoms with E-state index in [1.54, 1.807) is 19.1 Å². The summed E-state index contributed by atoms with van der Waals surface area (Å²) in [5.41, 5.74) is 1.20. The number of aromatic hydroxyl groups is 1. The molecule has 2 aromatic rings. The fraction of sp³-hybridized carbons (Fsp3) is 0.375. The Morgan fingerprint density at radius 2 is 1.81 bits per heavy atom. The summed E-state index contributed by atoms with van der Waals surface area (Å²) in [5, 5.41) is 13.0. The molecule has 0 aromatic heterocycles. The normalized spacial score (nSPS) is 27.5. The van der Waals surface area contributed by atoms with Crippen molar-refractivity contribution in [2.24, 2.45) is 11.8 Å². The van der Waals surface area contributed by atoms with Crippen LogP contribution >= 0.6 is 0 Å². The molecule has 0 radical (unpaired) electrons. The number of carbonyl (C=O) groups excluding carboxylic acids is 3. The molecule has 2 aliphatic heterocycles. The van der Waals surface area contributed by atoms with Crippen molar-refractivity contribution in [2.45, 2.75) is 31.8 Å². The highest BCUT2D eigenvalue weighted by Crippen LogP contribution is 2.50. The number of nitrogens with zero attached hydrogens (tertiary/aromatic N) is 1. The number of fused-ring (bicyclic) bond motifs is 1. The molecule has 7 heteroatoms. The maximum atomic E-state index is 13.4. The Hall–Kier alpha value is -3.19. The summed E-state index contributed by atoms with van der Waals surface area (Å²) in [6.45, 7) is 3.96. The first kappa shape index (κ1) is 21.1. The van der Waals surface area contributed by atoms with Gasteiger partial charge in [0, 0.05) is 19.0 Å². The van der Waals surface area contributed by atoms with Crippen molar-refractivity contribution in [1.29, 1.82) is 0 Å². The minimum absolute atomic E-state index is 0.107. The van der Waals surface area contributed by atoms with Gasteiger partial charge in [0.15, 0.2) is 0 Å². The molecule has 2 fully saturated rings. The number of hydrogen-bond donors (Lipinski definition) is 2. The van der Waals surface area contributed by atoms with E-state index in [1.807, 2.05) is 31.2 Å². The Balaban J connectivity index is 1.88. The van der Waals surface area contributed by atoms with Crippen LogP contribution in [0.5, 0.6) is 5.75 Å². The highest BCUT2D eigenvalue weighted by Gasteiger charge is 2.68. The van der Waals surface area contributed by atoms with Crippen LogP contribution in [0.15, 0.2) is 48.5 Å². The van der Waals surface area contributed by atoms with Crippen molar-refractivity contribution >= 4 is 17.8 Å². The lowest BCUT2D eigenvalue weighted by atomic mass is 9.76. The quantitative estimate of drug-likeness (QED) is 0.566. The van der Waals surface area contributed by atoms with E-state index in [9.17, 15) is 19.5 Å². The fourth-order valence-electron chi connectivity index (χ4n) is 5.12. The van der Waals surface area contributed by atoms with E-state index >= 15 is 0 Å². The second kappa shape index (κ2) is 7.81. The molecule has 2 heterocycles. The molecule has 2 N–H and O–H groups in total. The summed E-state index contributed by atoms with van der Waals surface area (Å²) in [6.07, 6.45) is 0.153. The summed E-state index contributed by atoms with van der Waals surface area (Å²) in [5.74, 6) is -2.68. The van der Waals surface area contributed by atoms with Gasteiger partial charge >= 0.3 is 5.97 Å². The van der Waals surface area contributed by atoms with Crippen LogP contribution in [0.25, 0.3) is 0 Å². The molecule has 4 atom stereocenters. The lowest BCUT2D eigenvalue weighted by Crippen LogP contribution is -2.57. The maximum Gasteiger partial charge on any atom is 0.327 e. The number of amides is 2. The van der Waals surface area contributed by atoms with Crippen molar-refractivity contribution < 1.29 is 24.2 Å². The van der Waals surface area contributed by atoms with Gasteiger partial charge in [-0.3, -0.25) is 24.6 Å². The number of phenolic OH excluding ortho intramolecular Hbond substituents is 1. The summed E-state index contributed by atoms with van der Waals surface area (Å²) in [7, 11) is 1.29. The number of hydrogen-bond acceptors (Lipinski definition) is 6. The molecule has 2 amide bonds. The standard InChI is InChI=1S/C24H26N2O5/c1-4-26-21(28)18-19(22(26)29)24(23(30)31-3,13-15-9-11-16(27)12-10-15)25-20(18)17-8-6-5-7-14(17)2/h5-12,18-20,25,27H,4,13H2,1-3H3/t18-,19+,20-,24-/m0/s1. The van der Waals surface area contributed by atoms with Gasteiger partial charge in [0.2, 0.25) is 11.8 Å². The number of imide groups is 1. The van der Waals surface area contributed by atoms with Crippen molar-refractivity contribution in [3.05, 3.63) is 65.2 Å². The SMILES string of the molecule is CCN1C(=O)[C@@H]2[C@H](c3ccccc3C)N[C@](Cc3ccc(O)cc3)(C(=O)OC)[C@H]2C1=O. The first-order valence-electron chi connectivity index (χ1n) is 10.4. The van der Waals surface area contributed by atoms with Crippen LogP contribution in [0.3, 0.4) is 0 Å². The Bertz CT molecular complexity index is 1030. The van der Waals surface area contributed by atoms with Gasteiger partial charge in [0.05, 0.1) is 18.9 Å². The van der Waals surface area contributed by atoms with Crippen LogP contribution in [0.4, 0.5) is 0 Å². The molecule has 162 valence electrons. The van der Waals surface area contributed by atoms with Gasteiger partial charge in [-0.25, -0.2) is 0 Å². The molecule has 0 aliphatic carbocycles. The Kier molecular flexibility index (Phi) is 5.31. The third kappa shape index (κ3) is 3.20. The fourth-order valence-corrected chi connectivity index (χ4v) is 5.12. The molecule has 0 bridgehead atoms. The number of methoxy groups -OCH3 is 1. The number of carbonyl (C=O) groups is 3. The van der Waals surface area contributed by atoms with Crippen LogP contribution in [0, 0.1) is 18.8 Å². The van der Waals surface area contributed by atoms with Gasteiger partial charge < -0.3 is 9.84 Å². The lowest BCUT2D eigenvalue weighted by molar-refractivity contribution is -0.154. The highest BCUT2D eigenvalue weighted by molar-refractivity contribution is 6.09. The molecule has 4 rings (SSSR count). The summed E-state index contributed by atoms with van der Waals surface area (Å²) >= 11 is 0. The maximum absolute atomic E-state index is 13.4. The van der Waals surface area contributed by atoms with Crippen LogP contribution in [-0.2, 0) is 25.5 Å². The average molecular weight is 422 g/mol. The molecular formula is C24H26N2O5. The van der Waals surface area contributed by atoms with E-state index < -0.39 is 29.4 Å². The predicted molar refractivity (Wildman–Crippen MR) is 113 cm³/mol. The summed E-state index contributed by atoms with van der Waals surface area (Å²) < 4.78 is 5.18. The molecule has 2 saturated heterocycles. The second-order valence-corrected chi connectivity index (χ2v) is 8.21. The Morgan fingerprint density at radius 3 is 2.42 bits per heavy atom. The average Bonchev–Trinajstić information content (AvgIpc) is 3.23. The van der Waals surface area contributed by atoms with E-state index in [2.05, 4.69) is 5.32 Å². The minimum atomic E-state index is -1.40. The van der Waals surface area contributed by atoms with Gasteiger partial charge in [-0.15, -0.1) is 0 Å². The number of nitrogens with one attached hydrogen (secondary N) is 1. The van der Waals surface area contributed by atoms with Gasteiger partial charge in [0.1, 0.15) is 11.3 Å². The van der Waals surface area contributed by atoms with E-state index in [0.29, 0.717) is 0 Å². The van der Waals surface area contributed by atoms with Gasteiger partial charge in [0.25, 0.3) is 0 Å². The van der Waals surface area contributed by atoms with Crippen molar-refractivity contribution in [3.8, 4) is 5.75 Å². The van der Waals surface area contributed by atoms with E-state index in [0.717, 1.165) is 16.7 Å². The number of aryl methyl sites for hydroxylation is 1.